The Hall–Kier alpha value is -1.25. The van der Waals surface area contributed by atoms with Crippen molar-refractivity contribution in [2.24, 2.45) is 0 Å². The van der Waals surface area contributed by atoms with Crippen LogP contribution in [0.2, 0.25) is 0 Å². The molecule has 1 rings (SSSR count). The first-order valence-electron chi connectivity index (χ1n) is 4.54. The molecule has 3 heteroatoms. The molecule has 0 amide bonds. The number of hydrogen-bond acceptors (Lipinski definition) is 2. The van der Waals surface area contributed by atoms with Crippen molar-refractivity contribution in [3.63, 3.8) is 0 Å². The summed E-state index contributed by atoms with van der Waals surface area (Å²) in [7, 11) is 1.45. The van der Waals surface area contributed by atoms with Crippen LogP contribution in [0.15, 0.2) is 18.2 Å². The second-order valence-electron chi connectivity index (χ2n) is 4.22. The zero-order valence-electron chi connectivity index (χ0n) is 9.02. The van der Waals surface area contributed by atoms with Gasteiger partial charge in [-0.3, -0.25) is 0 Å². The van der Waals surface area contributed by atoms with Crippen LogP contribution in [-0.2, 0) is 0 Å². The van der Waals surface area contributed by atoms with E-state index in [1.165, 1.54) is 13.2 Å². The molecule has 0 unspecified atom stereocenters. The summed E-state index contributed by atoms with van der Waals surface area (Å²) < 4.78 is 18.1. The van der Waals surface area contributed by atoms with Crippen LogP contribution in [0.4, 0.5) is 10.1 Å². The molecule has 0 saturated heterocycles. The lowest BCUT2D eigenvalue weighted by Gasteiger charge is -2.22. The number of rotatable bonds is 2. The third-order valence-electron chi connectivity index (χ3n) is 1.67. The minimum atomic E-state index is -0.346. The lowest BCUT2D eigenvalue weighted by atomic mass is 10.1. The summed E-state index contributed by atoms with van der Waals surface area (Å²) in [6, 6.07) is 4.85. The van der Waals surface area contributed by atoms with Crippen LogP contribution < -0.4 is 10.1 Å². The lowest BCUT2D eigenvalue weighted by molar-refractivity contribution is 0.386. The van der Waals surface area contributed by atoms with Crippen LogP contribution in [0, 0.1) is 5.82 Å². The van der Waals surface area contributed by atoms with E-state index in [9.17, 15) is 4.39 Å². The first-order chi connectivity index (χ1) is 6.42. The van der Waals surface area contributed by atoms with E-state index in [2.05, 4.69) is 5.32 Å². The Kier molecular flexibility index (Phi) is 2.99. The summed E-state index contributed by atoms with van der Waals surface area (Å²) in [5.74, 6) is -0.0776. The van der Waals surface area contributed by atoms with Crippen LogP contribution >= 0.6 is 0 Å². The van der Waals surface area contributed by atoms with Gasteiger partial charge in [0, 0.05) is 17.3 Å². The number of methoxy groups -OCH3 is 1. The van der Waals surface area contributed by atoms with Gasteiger partial charge in [0.15, 0.2) is 11.6 Å². The predicted octanol–water partition coefficient (Wildman–Crippen LogP) is 3.04. The monoisotopic (exact) mass is 197 g/mol. The normalized spacial score (nSPS) is 11.2. The van der Waals surface area contributed by atoms with E-state index in [1.807, 2.05) is 20.8 Å². The van der Waals surface area contributed by atoms with Gasteiger partial charge in [0.2, 0.25) is 0 Å². The Labute approximate surface area is 84.1 Å². The molecule has 0 radical (unpaired) electrons. The van der Waals surface area contributed by atoms with E-state index in [4.69, 9.17) is 4.74 Å². The first kappa shape index (κ1) is 10.8. The highest BCUT2D eigenvalue weighted by atomic mass is 19.1. The van der Waals surface area contributed by atoms with E-state index in [0.717, 1.165) is 5.69 Å². The number of nitrogens with one attached hydrogen (secondary N) is 1. The van der Waals surface area contributed by atoms with Crippen LogP contribution in [0.25, 0.3) is 0 Å². The van der Waals surface area contributed by atoms with Crippen molar-refractivity contribution in [2.45, 2.75) is 26.3 Å². The molecule has 2 nitrogen and oxygen atoms in total. The Morgan fingerprint density at radius 3 is 2.36 bits per heavy atom. The first-order valence-corrected chi connectivity index (χ1v) is 4.54. The Balaban J connectivity index is 2.87. The molecule has 0 aliphatic heterocycles. The molecule has 0 fully saturated rings. The van der Waals surface area contributed by atoms with Gasteiger partial charge in [-0.05, 0) is 32.9 Å². The smallest absolute Gasteiger partial charge is 0.167 e. The fourth-order valence-electron chi connectivity index (χ4n) is 1.18. The van der Waals surface area contributed by atoms with Crippen molar-refractivity contribution in [3.8, 4) is 5.75 Å². The molecule has 0 spiro atoms. The molecule has 0 bridgehead atoms. The second kappa shape index (κ2) is 3.86. The summed E-state index contributed by atoms with van der Waals surface area (Å²) >= 11 is 0. The van der Waals surface area contributed by atoms with Crippen molar-refractivity contribution in [3.05, 3.63) is 24.0 Å². The lowest BCUT2D eigenvalue weighted by Crippen LogP contribution is -2.26. The van der Waals surface area contributed by atoms with Gasteiger partial charge < -0.3 is 10.1 Å². The molecule has 1 aromatic carbocycles. The quantitative estimate of drug-likeness (QED) is 0.786. The SMILES string of the molecule is COc1ccc(NC(C)(C)C)cc1F. The molecule has 0 aliphatic carbocycles. The maximum atomic E-state index is 13.3. The van der Waals surface area contributed by atoms with Gasteiger partial charge in [0.1, 0.15) is 0 Å². The Bertz CT molecular complexity index is 318. The predicted molar refractivity (Wildman–Crippen MR) is 56.3 cm³/mol. The number of ether oxygens (including phenoxy) is 1. The molecule has 0 aromatic heterocycles. The van der Waals surface area contributed by atoms with Crippen LogP contribution in [0.5, 0.6) is 5.75 Å². The third-order valence-corrected chi connectivity index (χ3v) is 1.67. The molecular weight excluding hydrogens is 181 g/mol. The maximum Gasteiger partial charge on any atom is 0.167 e. The van der Waals surface area contributed by atoms with Gasteiger partial charge in [-0.2, -0.15) is 0 Å². The number of hydrogen-bond donors (Lipinski definition) is 1. The third kappa shape index (κ3) is 2.91. The molecule has 1 aromatic rings. The van der Waals surface area contributed by atoms with Crippen LogP contribution in [0.1, 0.15) is 20.8 Å². The Morgan fingerprint density at radius 2 is 1.93 bits per heavy atom. The summed E-state index contributed by atoms with van der Waals surface area (Å²) in [6.07, 6.45) is 0. The van der Waals surface area contributed by atoms with E-state index in [0.29, 0.717) is 0 Å². The highest BCUT2D eigenvalue weighted by Gasteiger charge is 2.10. The van der Waals surface area contributed by atoms with Crippen molar-refractivity contribution in [1.82, 2.24) is 0 Å². The van der Waals surface area contributed by atoms with E-state index >= 15 is 0 Å². The molecule has 1 N–H and O–H groups in total. The topological polar surface area (TPSA) is 21.3 Å². The van der Waals surface area contributed by atoms with Gasteiger partial charge in [-0.1, -0.05) is 0 Å². The van der Waals surface area contributed by atoms with E-state index in [-0.39, 0.29) is 17.1 Å². The van der Waals surface area contributed by atoms with Crippen molar-refractivity contribution in [1.29, 1.82) is 0 Å². The van der Waals surface area contributed by atoms with E-state index in [1.54, 1.807) is 12.1 Å². The highest BCUT2D eigenvalue weighted by molar-refractivity contribution is 5.48. The maximum absolute atomic E-state index is 13.3. The molecule has 0 aliphatic rings. The van der Waals surface area contributed by atoms with Gasteiger partial charge in [-0.15, -0.1) is 0 Å². The van der Waals surface area contributed by atoms with Crippen molar-refractivity contribution in [2.75, 3.05) is 12.4 Å². The zero-order valence-corrected chi connectivity index (χ0v) is 9.02. The minimum absolute atomic E-state index is 0.0684. The van der Waals surface area contributed by atoms with Gasteiger partial charge in [0.05, 0.1) is 7.11 Å². The standard InChI is InChI=1S/C11H16FNO/c1-11(2,3)13-8-5-6-10(14-4)9(12)7-8/h5-7,13H,1-4H3. The molecule has 0 atom stereocenters. The molecule has 14 heavy (non-hydrogen) atoms. The number of benzene rings is 1. The summed E-state index contributed by atoms with van der Waals surface area (Å²) in [5, 5.41) is 3.18. The van der Waals surface area contributed by atoms with Gasteiger partial charge in [0.25, 0.3) is 0 Å². The largest absolute Gasteiger partial charge is 0.494 e. The van der Waals surface area contributed by atoms with Crippen LogP contribution in [-0.4, -0.2) is 12.6 Å². The second-order valence-corrected chi connectivity index (χ2v) is 4.22. The van der Waals surface area contributed by atoms with Crippen LogP contribution in [0.3, 0.4) is 0 Å². The summed E-state index contributed by atoms with van der Waals surface area (Å²) in [4.78, 5) is 0. The van der Waals surface area contributed by atoms with Gasteiger partial charge in [-0.25, -0.2) is 4.39 Å². The average molecular weight is 197 g/mol. The molecule has 0 heterocycles. The fraction of sp³-hybridized carbons (Fsp3) is 0.455. The van der Waals surface area contributed by atoms with Crippen molar-refractivity contribution >= 4 is 5.69 Å². The molecule has 0 saturated carbocycles. The Morgan fingerprint density at radius 1 is 1.29 bits per heavy atom. The van der Waals surface area contributed by atoms with Crippen molar-refractivity contribution < 1.29 is 9.13 Å². The summed E-state index contributed by atoms with van der Waals surface area (Å²) in [5.41, 5.74) is 0.692. The zero-order chi connectivity index (χ0) is 10.8. The minimum Gasteiger partial charge on any atom is -0.494 e. The fourth-order valence-corrected chi connectivity index (χ4v) is 1.18. The summed E-state index contributed by atoms with van der Waals surface area (Å²) in [6.45, 7) is 6.07. The average Bonchev–Trinajstić information content (AvgIpc) is 2.01. The molecular formula is C11H16FNO. The number of halogens is 1. The molecule has 78 valence electrons. The van der Waals surface area contributed by atoms with E-state index < -0.39 is 0 Å². The number of anilines is 1. The highest BCUT2D eigenvalue weighted by Crippen LogP contribution is 2.22. The van der Waals surface area contributed by atoms with Gasteiger partial charge >= 0.3 is 0 Å².